The Hall–Kier alpha value is -1.16. The van der Waals surface area contributed by atoms with Crippen molar-refractivity contribution in [2.75, 3.05) is 0 Å². The quantitative estimate of drug-likeness (QED) is 0.695. The van der Waals surface area contributed by atoms with Gasteiger partial charge in [0.2, 0.25) is 5.89 Å². The molecule has 0 saturated heterocycles. The highest BCUT2D eigenvalue weighted by Crippen LogP contribution is 2.40. The van der Waals surface area contributed by atoms with Crippen LogP contribution in [0.1, 0.15) is 41.4 Å². The number of hydrogen-bond donors (Lipinski definition) is 1. The van der Waals surface area contributed by atoms with Crippen LogP contribution in [0.2, 0.25) is 0 Å². The number of carbonyl (C=O) groups excluding carboxylic acids is 1. The predicted molar refractivity (Wildman–Crippen MR) is 44.4 cm³/mol. The first kappa shape index (κ1) is 8.44. The van der Waals surface area contributed by atoms with Gasteiger partial charge in [-0.05, 0) is 26.2 Å². The second-order valence-electron chi connectivity index (χ2n) is 3.47. The Morgan fingerprint density at radius 3 is 2.69 bits per heavy atom. The van der Waals surface area contributed by atoms with Crippen molar-refractivity contribution in [1.29, 1.82) is 0 Å². The molecule has 1 aliphatic rings. The number of rotatable bonds is 2. The Morgan fingerprint density at radius 2 is 2.31 bits per heavy atom. The number of nitrogens with zero attached hydrogens (tertiary/aromatic N) is 1. The zero-order chi connectivity index (χ0) is 9.47. The molecule has 1 aliphatic carbocycles. The maximum absolute atomic E-state index is 10.5. The molecule has 0 amide bonds. The molecule has 1 heterocycles. The summed E-state index contributed by atoms with van der Waals surface area (Å²) >= 11 is 0. The van der Waals surface area contributed by atoms with Gasteiger partial charge in [0, 0.05) is 0 Å². The van der Waals surface area contributed by atoms with Gasteiger partial charge in [-0.3, -0.25) is 4.79 Å². The molecule has 4 heteroatoms. The van der Waals surface area contributed by atoms with E-state index in [0.29, 0.717) is 30.7 Å². The molecular formula is C9H11NO3. The van der Waals surface area contributed by atoms with E-state index >= 15 is 0 Å². The van der Waals surface area contributed by atoms with Crippen molar-refractivity contribution in [3.05, 3.63) is 17.3 Å². The molecule has 0 aromatic carbocycles. The predicted octanol–water partition coefficient (Wildman–Crippen LogP) is 1.17. The van der Waals surface area contributed by atoms with Crippen molar-refractivity contribution in [3.8, 4) is 0 Å². The second-order valence-corrected chi connectivity index (χ2v) is 3.47. The van der Waals surface area contributed by atoms with Gasteiger partial charge >= 0.3 is 0 Å². The van der Waals surface area contributed by atoms with Gasteiger partial charge in [0.1, 0.15) is 5.60 Å². The Labute approximate surface area is 75.6 Å². The molecule has 0 radical (unpaired) electrons. The molecule has 1 saturated carbocycles. The summed E-state index contributed by atoms with van der Waals surface area (Å²) in [6, 6.07) is 0. The minimum absolute atomic E-state index is 0.218. The fourth-order valence-electron chi connectivity index (χ4n) is 1.44. The summed E-state index contributed by atoms with van der Waals surface area (Å²) in [4.78, 5) is 14.5. The van der Waals surface area contributed by atoms with E-state index < -0.39 is 5.60 Å². The number of aryl methyl sites for hydroxylation is 1. The minimum Gasteiger partial charge on any atom is -0.434 e. The molecular weight excluding hydrogens is 170 g/mol. The topological polar surface area (TPSA) is 63.3 Å². The SMILES string of the molecule is Cc1nc(C2(O)CCC2)oc1C=O. The first-order chi connectivity index (χ1) is 6.15. The summed E-state index contributed by atoms with van der Waals surface area (Å²) in [5, 5.41) is 9.84. The van der Waals surface area contributed by atoms with E-state index in [1.807, 2.05) is 0 Å². The minimum atomic E-state index is -0.911. The maximum atomic E-state index is 10.5. The van der Waals surface area contributed by atoms with Crippen molar-refractivity contribution >= 4 is 6.29 Å². The van der Waals surface area contributed by atoms with Crippen LogP contribution in [0.25, 0.3) is 0 Å². The van der Waals surface area contributed by atoms with E-state index in [1.54, 1.807) is 6.92 Å². The van der Waals surface area contributed by atoms with E-state index in [9.17, 15) is 9.90 Å². The average Bonchev–Trinajstić information content (AvgIpc) is 2.43. The Balaban J connectivity index is 2.36. The molecule has 1 N–H and O–H groups in total. The summed E-state index contributed by atoms with van der Waals surface area (Å²) in [6.07, 6.45) is 2.94. The average molecular weight is 181 g/mol. The Bertz CT molecular complexity index is 339. The number of hydrogen-bond acceptors (Lipinski definition) is 4. The van der Waals surface area contributed by atoms with Gasteiger partial charge in [-0.2, -0.15) is 0 Å². The lowest BCUT2D eigenvalue weighted by Crippen LogP contribution is -2.33. The molecule has 70 valence electrons. The van der Waals surface area contributed by atoms with Crippen molar-refractivity contribution in [1.82, 2.24) is 4.98 Å². The number of oxazole rings is 1. The van der Waals surface area contributed by atoms with Crippen LogP contribution in [0.3, 0.4) is 0 Å². The van der Waals surface area contributed by atoms with E-state index in [0.717, 1.165) is 6.42 Å². The summed E-state index contributed by atoms with van der Waals surface area (Å²) in [7, 11) is 0. The lowest BCUT2D eigenvalue weighted by atomic mass is 9.80. The molecule has 2 rings (SSSR count). The summed E-state index contributed by atoms with van der Waals surface area (Å²) in [5.74, 6) is 0.508. The first-order valence-corrected chi connectivity index (χ1v) is 4.31. The van der Waals surface area contributed by atoms with Crippen LogP contribution in [-0.4, -0.2) is 16.4 Å². The van der Waals surface area contributed by atoms with Gasteiger partial charge in [0.25, 0.3) is 0 Å². The maximum Gasteiger partial charge on any atom is 0.227 e. The third-order valence-corrected chi connectivity index (χ3v) is 2.52. The summed E-state index contributed by atoms with van der Waals surface area (Å²) in [5.41, 5.74) is -0.364. The monoisotopic (exact) mass is 181 g/mol. The molecule has 0 bridgehead atoms. The van der Waals surface area contributed by atoms with Gasteiger partial charge in [0.05, 0.1) is 5.69 Å². The largest absolute Gasteiger partial charge is 0.434 e. The van der Waals surface area contributed by atoms with E-state index in [1.165, 1.54) is 0 Å². The molecule has 1 fully saturated rings. The third-order valence-electron chi connectivity index (χ3n) is 2.52. The van der Waals surface area contributed by atoms with Crippen molar-refractivity contribution < 1.29 is 14.3 Å². The third kappa shape index (κ3) is 1.18. The van der Waals surface area contributed by atoms with Crippen LogP contribution in [0.5, 0.6) is 0 Å². The highest BCUT2D eigenvalue weighted by atomic mass is 16.4. The van der Waals surface area contributed by atoms with Crippen molar-refractivity contribution in [3.63, 3.8) is 0 Å². The Kier molecular flexibility index (Phi) is 1.73. The lowest BCUT2D eigenvalue weighted by Gasteiger charge is -2.32. The van der Waals surface area contributed by atoms with E-state index in [2.05, 4.69) is 4.98 Å². The first-order valence-electron chi connectivity index (χ1n) is 4.31. The molecule has 4 nitrogen and oxygen atoms in total. The standard InChI is InChI=1S/C9H11NO3/c1-6-7(5-11)13-8(10-6)9(12)3-2-4-9/h5,12H,2-4H2,1H3. The van der Waals surface area contributed by atoms with Gasteiger partial charge in [-0.25, -0.2) is 4.98 Å². The van der Waals surface area contributed by atoms with Crippen LogP contribution in [0.15, 0.2) is 4.42 Å². The molecule has 13 heavy (non-hydrogen) atoms. The van der Waals surface area contributed by atoms with E-state index in [-0.39, 0.29) is 5.76 Å². The fourth-order valence-corrected chi connectivity index (χ4v) is 1.44. The molecule has 0 spiro atoms. The number of aliphatic hydroxyl groups is 1. The molecule has 0 aliphatic heterocycles. The van der Waals surface area contributed by atoms with Gasteiger partial charge in [-0.1, -0.05) is 0 Å². The second kappa shape index (κ2) is 2.67. The molecule has 1 aromatic rings. The van der Waals surface area contributed by atoms with E-state index in [4.69, 9.17) is 4.42 Å². The van der Waals surface area contributed by atoms with Crippen molar-refractivity contribution in [2.45, 2.75) is 31.8 Å². The van der Waals surface area contributed by atoms with Crippen LogP contribution in [0, 0.1) is 6.92 Å². The normalized spacial score (nSPS) is 19.5. The molecule has 0 unspecified atom stereocenters. The van der Waals surface area contributed by atoms with Crippen molar-refractivity contribution in [2.24, 2.45) is 0 Å². The zero-order valence-corrected chi connectivity index (χ0v) is 7.41. The lowest BCUT2D eigenvalue weighted by molar-refractivity contribution is -0.0613. The number of carbonyl (C=O) groups is 1. The highest BCUT2D eigenvalue weighted by Gasteiger charge is 2.41. The van der Waals surface area contributed by atoms with Crippen LogP contribution < -0.4 is 0 Å². The van der Waals surface area contributed by atoms with Crippen LogP contribution >= 0.6 is 0 Å². The van der Waals surface area contributed by atoms with Crippen LogP contribution in [0.4, 0.5) is 0 Å². The fraction of sp³-hybridized carbons (Fsp3) is 0.556. The summed E-state index contributed by atoms with van der Waals surface area (Å²) < 4.78 is 5.14. The van der Waals surface area contributed by atoms with Gasteiger partial charge < -0.3 is 9.52 Å². The summed E-state index contributed by atoms with van der Waals surface area (Å²) in [6.45, 7) is 1.69. The van der Waals surface area contributed by atoms with Crippen LogP contribution in [-0.2, 0) is 5.60 Å². The highest BCUT2D eigenvalue weighted by molar-refractivity contribution is 5.71. The zero-order valence-electron chi connectivity index (χ0n) is 7.41. The smallest absolute Gasteiger partial charge is 0.227 e. The van der Waals surface area contributed by atoms with Gasteiger partial charge in [0.15, 0.2) is 12.0 Å². The molecule has 1 aromatic heterocycles. The number of aromatic nitrogens is 1. The Morgan fingerprint density at radius 1 is 1.62 bits per heavy atom. The molecule has 0 atom stereocenters. The number of aldehydes is 1. The van der Waals surface area contributed by atoms with Gasteiger partial charge in [-0.15, -0.1) is 0 Å².